The molecule has 17 heavy (non-hydrogen) atoms. The molecule has 0 heterocycles. The van der Waals surface area contributed by atoms with E-state index in [1.54, 1.807) is 14.0 Å². The summed E-state index contributed by atoms with van der Waals surface area (Å²) in [6.45, 7) is 2.44. The molecule has 1 rings (SSSR count). The summed E-state index contributed by atoms with van der Waals surface area (Å²) in [6, 6.07) is 9.69. The molecule has 0 bridgehead atoms. The van der Waals surface area contributed by atoms with Gasteiger partial charge in [-0.3, -0.25) is 4.79 Å². The molecule has 0 saturated heterocycles. The van der Waals surface area contributed by atoms with Gasteiger partial charge < -0.3 is 14.7 Å². The second-order valence-electron chi connectivity index (χ2n) is 4.10. The van der Waals surface area contributed by atoms with E-state index in [2.05, 4.69) is 0 Å². The molecule has 0 aliphatic rings. The van der Waals surface area contributed by atoms with Crippen LogP contribution < -0.4 is 0 Å². The zero-order valence-corrected chi connectivity index (χ0v) is 10.3. The van der Waals surface area contributed by atoms with E-state index in [0.29, 0.717) is 13.2 Å². The first-order valence-corrected chi connectivity index (χ1v) is 5.63. The number of hydrogen-bond acceptors (Lipinski definition) is 3. The molecule has 1 unspecified atom stereocenters. The Hall–Kier alpha value is -1.39. The fourth-order valence-corrected chi connectivity index (χ4v) is 1.44. The van der Waals surface area contributed by atoms with Gasteiger partial charge in [0.25, 0.3) is 0 Å². The van der Waals surface area contributed by atoms with E-state index >= 15 is 0 Å². The van der Waals surface area contributed by atoms with Crippen LogP contribution in [0.25, 0.3) is 0 Å². The largest absolute Gasteiger partial charge is 0.392 e. The highest BCUT2D eigenvalue weighted by Crippen LogP contribution is 2.00. The summed E-state index contributed by atoms with van der Waals surface area (Å²) in [5, 5.41) is 9.14. The fourth-order valence-electron chi connectivity index (χ4n) is 1.44. The van der Waals surface area contributed by atoms with Gasteiger partial charge in [0.2, 0.25) is 5.91 Å². The number of aliphatic hydroxyl groups excluding tert-OH is 1. The average Bonchev–Trinajstić information content (AvgIpc) is 2.29. The summed E-state index contributed by atoms with van der Waals surface area (Å²) in [5.74, 6) is -0.123. The van der Waals surface area contributed by atoms with Crippen LogP contribution in [-0.4, -0.2) is 42.2 Å². The van der Waals surface area contributed by atoms with Gasteiger partial charge in [-0.1, -0.05) is 30.3 Å². The number of carbonyl (C=O) groups excluding carboxylic acids is 1. The number of rotatable bonds is 6. The van der Waals surface area contributed by atoms with E-state index in [0.717, 1.165) is 5.56 Å². The zero-order valence-electron chi connectivity index (χ0n) is 10.3. The van der Waals surface area contributed by atoms with Crippen LogP contribution in [0.5, 0.6) is 0 Å². The van der Waals surface area contributed by atoms with Gasteiger partial charge >= 0.3 is 0 Å². The van der Waals surface area contributed by atoms with Crippen LogP contribution in [-0.2, 0) is 16.1 Å². The van der Waals surface area contributed by atoms with Crippen molar-refractivity contribution in [3.63, 3.8) is 0 Å². The highest BCUT2D eigenvalue weighted by molar-refractivity contribution is 5.77. The van der Waals surface area contributed by atoms with E-state index < -0.39 is 6.10 Å². The van der Waals surface area contributed by atoms with Crippen LogP contribution in [0.4, 0.5) is 0 Å². The van der Waals surface area contributed by atoms with Crippen molar-refractivity contribution in [2.45, 2.75) is 19.6 Å². The van der Waals surface area contributed by atoms with E-state index in [-0.39, 0.29) is 12.5 Å². The molecule has 1 amide bonds. The van der Waals surface area contributed by atoms with Gasteiger partial charge in [0, 0.05) is 13.6 Å². The van der Waals surface area contributed by atoms with Crippen molar-refractivity contribution in [3.8, 4) is 0 Å². The van der Waals surface area contributed by atoms with Crippen LogP contribution >= 0.6 is 0 Å². The van der Waals surface area contributed by atoms with Crippen LogP contribution in [0.1, 0.15) is 12.5 Å². The fraction of sp³-hybridized carbons (Fsp3) is 0.462. The van der Waals surface area contributed by atoms with Crippen molar-refractivity contribution in [3.05, 3.63) is 35.9 Å². The van der Waals surface area contributed by atoms with Gasteiger partial charge in [-0.2, -0.15) is 0 Å². The van der Waals surface area contributed by atoms with Crippen molar-refractivity contribution < 1.29 is 14.6 Å². The second-order valence-corrected chi connectivity index (χ2v) is 4.10. The molecule has 4 nitrogen and oxygen atoms in total. The Bertz CT molecular complexity index is 338. The highest BCUT2D eigenvalue weighted by Gasteiger charge is 2.10. The van der Waals surface area contributed by atoms with E-state index in [1.807, 2.05) is 30.3 Å². The molecule has 0 saturated carbocycles. The van der Waals surface area contributed by atoms with E-state index in [4.69, 9.17) is 9.84 Å². The van der Waals surface area contributed by atoms with Gasteiger partial charge in [0.05, 0.1) is 12.7 Å². The summed E-state index contributed by atoms with van der Waals surface area (Å²) in [4.78, 5) is 13.0. The third kappa shape index (κ3) is 5.47. The standard InChI is InChI=1S/C13H19NO3/c1-11(15)8-14(2)13(16)10-17-9-12-6-4-3-5-7-12/h3-7,11,15H,8-10H2,1-2H3. The number of ether oxygens (including phenoxy) is 1. The van der Waals surface area contributed by atoms with E-state index in [1.165, 1.54) is 4.90 Å². The average molecular weight is 237 g/mol. The van der Waals surface area contributed by atoms with Crippen LogP contribution in [0.3, 0.4) is 0 Å². The number of benzene rings is 1. The van der Waals surface area contributed by atoms with Crippen molar-refractivity contribution in [2.75, 3.05) is 20.2 Å². The molecular formula is C13H19NO3. The Labute approximate surface area is 102 Å². The third-order valence-electron chi connectivity index (χ3n) is 2.30. The molecule has 1 N–H and O–H groups in total. The third-order valence-corrected chi connectivity index (χ3v) is 2.30. The Morgan fingerprint density at radius 3 is 2.65 bits per heavy atom. The minimum atomic E-state index is -0.516. The van der Waals surface area contributed by atoms with E-state index in [9.17, 15) is 4.79 Å². The zero-order chi connectivity index (χ0) is 12.7. The maximum atomic E-state index is 11.6. The van der Waals surface area contributed by atoms with Crippen molar-refractivity contribution in [2.24, 2.45) is 0 Å². The number of carbonyl (C=O) groups is 1. The molecule has 1 aromatic rings. The lowest BCUT2D eigenvalue weighted by Crippen LogP contribution is -2.35. The lowest BCUT2D eigenvalue weighted by Gasteiger charge is -2.18. The normalized spacial score (nSPS) is 12.2. The van der Waals surface area contributed by atoms with Crippen LogP contribution in [0.2, 0.25) is 0 Å². The molecule has 94 valence electrons. The molecule has 0 fully saturated rings. The minimum Gasteiger partial charge on any atom is -0.392 e. The van der Waals surface area contributed by atoms with Crippen molar-refractivity contribution in [1.82, 2.24) is 4.90 Å². The summed E-state index contributed by atoms with van der Waals surface area (Å²) in [6.07, 6.45) is -0.516. The van der Waals surface area contributed by atoms with Gasteiger partial charge in [-0.05, 0) is 12.5 Å². The lowest BCUT2D eigenvalue weighted by molar-refractivity contribution is -0.136. The molecule has 1 atom stereocenters. The monoisotopic (exact) mass is 237 g/mol. The molecular weight excluding hydrogens is 218 g/mol. The second kappa shape index (κ2) is 7.04. The maximum Gasteiger partial charge on any atom is 0.248 e. The number of amides is 1. The first-order chi connectivity index (χ1) is 8.09. The molecule has 0 radical (unpaired) electrons. The molecule has 1 aromatic carbocycles. The van der Waals surface area contributed by atoms with Crippen molar-refractivity contribution >= 4 is 5.91 Å². The molecule has 0 spiro atoms. The highest BCUT2D eigenvalue weighted by atomic mass is 16.5. The summed E-state index contributed by atoms with van der Waals surface area (Å²) < 4.78 is 5.31. The molecule has 0 aliphatic carbocycles. The number of nitrogens with zero attached hydrogens (tertiary/aromatic N) is 1. The SMILES string of the molecule is CC(O)CN(C)C(=O)COCc1ccccc1. The van der Waals surface area contributed by atoms with Gasteiger partial charge in [0.1, 0.15) is 6.61 Å². The molecule has 0 aliphatic heterocycles. The first-order valence-electron chi connectivity index (χ1n) is 5.63. The van der Waals surface area contributed by atoms with Crippen LogP contribution in [0.15, 0.2) is 30.3 Å². The van der Waals surface area contributed by atoms with Gasteiger partial charge in [0.15, 0.2) is 0 Å². The predicted octanol–water partition coefficient (Wildman–Crippen LogP) is 1.04. The Morgan fingerprint density at radius 1 is 1.41 bits per heavy atom. The Kier molecular flexibility index (Phi) is 5.66. The topological polar surface area (TPSA) is 49.8 Å². The van der Waals surface area contributed by atoms with Crippen molar-refractivity contribution in [1.29, 1.82) is 0 Å². The first kappa shape index (κ1) is 13.7. The van der Waals surface area contributed by atoms with Gasteiger partial charge in [-0.25, -0.2) is 0 Å². The summed E-state index contributed by atoms with van der Waals surface area (Å²) >= 11 is 0. The smallest absolute Gasteiger partial charge is 0.248 e. The minimum absolute atomic E-state index is 0.0398. The number of aliphatic hydroxyl groups is 1. The predicted molar refractivity (Wildman–Crippen MR) is 65.4 cm³/mol. The number of likely N-dealkylation sites (N-methyl/N-ethyl adjacent to an activating group) is 1. The van der Waals surface area contributed by atoms with Crippen LogP contribution in [0, 0.1) is 0 Å². The lowest BCUT2D eigenvalue weighted by atomic mass is 10.2. The molecule has 4 heteroatoms. The Morgan fingerprint density at radius 2 is 2.06 bits per heavy atom. The number of hydrogen-bond donors (Lipinski definition) is 1. The quantitative estimate of drug-likeness (QED) is 0.804. The summed E-state index contributed by atoms with van der Waals surface area (Å²) in [7, 11) is 1.65. The Balaban J connectivity index is 2.24. The maximum absolute atomic E-state index is 11.6. The summed E-state index contributed by atoms with van der Waals surface area (Å²) in [5.41, 5.74) is 1.04. The van der Waals surface area contributed by atoms with Gasteiger partial charge in [-0.15, -0.1) is 0 Å². The molecule has 0 aromatic heterocycles.